The molecule has 2 rings (SSSR count). The predicted octanol–water partition coefficient (Wildman–Crippen LogP) is 2.53. The van der Waals surface area contributed by atoms with Crippen molar-refractivity contribution in [3.05, 3.63) is 0 Å². The minimum absolute atomic E-state index is 0.137. The average molecular weight is 128 g/mol. The second kappa shape index (κ2) is 1.50. The summed E-state index contributed by atoms with van der Waals surface area (Å²) in [6, 6.07) is 0. The normalized spacial score (nSPS) is 56.7. The summed E-state index contributed by atoms with van der Waals surface area (Å²) in [6.07, 6.45) is 4.37. The van der Waals surface area contributed by atoms with Crippen LogP contribution in [0.5, 0.6) is 0 Å². The zero-order valence-electron chi connectivity index (χ0n) is 5.86. The molecule has 0 aromatic heterocycles. The fourth-order valence-electron chi connectivity index (χ4n) is 2.27. The molecular weight excluding hydrogens is 115 g/mol. The molecule has 0 unspecified atom stereocenters. The average Bonchev–Trinajstić information content (AvgIpc) is 2.38. The third-order valence-corrected chi connectivity index (χ3v) is 3.20. The maximum atomic E-state index is 12.9. The number of hydrogen-bond acceptors (Lipinski definition) is 0. The van der Waals surface area contributed by atoms with Crippen molar-refractivity contribution in [2.45, 2.75) is 38.8 Å². The van der Waals surface area contributed by atoms with E-state index in [1.807, 2.05) is 0 Å². The molecule has 0 aromatic rings. The Hall–Kier alpha value is -0.0700. The molecule has 0 amide bonds. The van der Waals surface area contributed by atoms with Gasteiger partial charge in [-0.05, 0) is 18.8 Å². The summed E-state index contributed by atoms with van der Waals surface area (Å²) in [6.45, 7) is 2.10. The first-order valence-electron chi connectivity index (χ1n) is 3.89. The lowest BCUT2D eigenvalue weighted by atomic mass is 9.90. The van der Waals surface area contributed by atoms with Gasteiger partial charge in [0, 0.05) is 5.41 Å². The third kappa shape index (κ3) is 0.580. The van der Waals surface area contributed by atoms with Gasteiger partial charge in [0.15, 0.2) is 0 Å². The van der Waals surface area contributed by atoms with Crippen molar-refractivity contribution >= 4 is 0 Å². The van der Waals surface area contributed by atoms with Crippen LogP contribution in [0.3, 0.4) is 0 Å². The highest BCUT2D eigenvalue weighted by molar-refractivity contribution is 5.10. The smallest absolute Gasteiger partial charge is 0.109 e. The van der Waals surface area contributed by atoms with Crippen LogP contribution < -0.4 is 0 Å². The van der Waals surface area contributed by atoms with Crippen molar-refractivity contribution in [2.24, 2.45) is 11.3 Å². The fraction of sp³-hybridized carbons (Fsp3) is 1.00. The van der Waals surface area contributed by atoms with Gasteiger partial charge in [0.05, 0.1) is 0 Å². The predicted molar refractivity (Wildman–Crippen MR) is 35.0 cm³/mol. The van der Waals surface area contributed by atoms with Crippen LogP contribution in [0.25, 0.3) is 0 Å². The van der Waals surface area contributed by atoms with Crippen LogP contribution in [0.4, 0.5) is 4.39 Å². The second-order valence-electron chi connectivity index (χ2n) is 3.76. The number of rotatable bonds is 0. The lowest BCUT2D eigenvalue weighted by Gasteiger charge is -2.14. The third-order valence-electron chi connectivity index (χ3n) is 3.20. The largest absolute Gasteiger partial charge is 0.247 e. The van der Waals surface area contributed by atoms with Crippen LogP contribution in [-0.4, -0.2) is 6.17 Å². The highest BCUT2D eigenvalue weighted by Gasteiger charge is 2.62. The molecule has 2 fully saturated rings. The lowest BCUT2D eigenvalue weighted by molar-refractivity contribution is 0.336. The highest BCUT2D eigenvalue weighted by Crippen LogP contribution is 2.62. The molecule has 0 saturated heterocycles. The first kappa shape index (κ1) is 5.70. The molecule has 2 saturated carbocycles. The van der Waals surface area contributed by atoms with Gasteiger partial charge in [0.1, 0.15) is 6.17 Å². The van der Waals surface area contributed by atoms with Crippen LogP contribution in [0, 0.1) is 11.3 Å². The molecule has 3 atom stereocenters. The number of hydrogen-bond donors (Lipinski definition) is 0. The van der Waals surface area contributed by atoms with E-state index >= 15 is 0 Å². The summed E-state index contributed by atoms with van der Waals surface area (Å²) in [5.74, 6) is 0.450. The first-order valence-corrected chi connectivity index (χ1v) is 3.89. The van der Waals surface area contributed by atoms with Crippen molar-refractivity contribution < 1.29 is 4.39 Å². The molecule has 0 radical (unpaired) electrons. The van der Waals surface area contributed by atoms with Crippen LogP contribution in [0.2, 0.25) is 0 Å². The second-order valence-corrected chi connectivity index (χ2v) is 3.76. The lowest BCUT2D eigenvalue weighted by Crippen LogP contribution is -2.04. The van der Waals surface area contributed by atoms with Crippen LogP contribution in [0.1, 0.15) is 32.6 Å². The van der Waals surface area contributed by atoms with Gasteiger partial charge in [-0.1, -0.05) is 19.8 Å². The minimum Gasteiger partial charge on any atom is -0.247 e. The molecule has 52 valence electrons. The summed E-state index contributed by atoms with van der Waals surface area (Å²) in [5, 5.41) is 0. The molecule has 1 heteroatoms. The van der Waals surface area contributed by atoms with E-state index in [2.05, 4.69) is 6.92 Å². The van der Waals surface area contributed by atoms with E-state index in [4.69, 9.17) is 0 Å². The fourth-order valence-corrected chi connectivity index (χ4v) is 2.27. The molecule has 0 aliphatic heterocycles. The molecule has 2 aliphatic carbocycles. The summed E-state index contributed by atoms with van der Waals surface area (Å²) < 4.78 is 12.9. The molecule has 0 N–H and O–H groups in total. The van der Waals surface area contributed by atoms with Crippen LogP contribution in [0.15, 0.2) is 0 Å². The van der Waals surface area contributed by atoms with Gasteiger partial charge in [-0.25, -0.2) is 4.39 Å². The molecule has 0 spiro atoms. The number of halogens is 1. The van der Waals surface area contributed by atoms with Gasteiger partial charge in [0.2, 0.25) is 0 Å². The molecule has 0 nitrogen and oxygen atoms in total. The van der Waals surface area contributed by atoms with Crippen LogP contribution in [-0.2, 0) is 0 Å². The highest BCUT2D eigenvalue weighted by atomic mass is 19.1. The Kier molecular flexibility index (Phi) is 0.950. The molecule has 2 aliphatic rings. The summed E-state index contributed by atoms with van der Waals surface area (Å²) in [7, 11) is 0. The Bertz CT molecular complexity index is 133. The van der Waals surface area contributed by atoms with Gasteiger partial charge in [-0.2, -0.15) is 0 Å². The van der Waals surface area contributed by atoms with E-state index in [1.54, 1.807) is 0 Å². The minimum atomic E-state index is -0.444. The van der Waals surface area contributed by atoms with Gasteiger partial charge in [0.25, 0.3) is 0 Å². The maximum Gasteiger partial charge on any atom is 0.109 e. The van der Waals surface area contributed by atoms with E-state index in [0.717, 1.165) is 12.8 Å². The number of alkyl halides is 1. The van der Waals surface area contributed by atoms with Crippen molar-refractivity contribution in [1.82, 2.24) is 0 Å². The zero-order chi connectivity index (χ0) is 6.48. The first-order chi connectivity index (χ1) is 4.25. The van der Waals surface area contributed by atoms with Crippen LogP contribution >= 0.6 is 0 Å². The Morgan fingerprint density at radius 1 is 1.44 bits per heavy atom. The summed E-state index contributed by atoms with van der Waals surface area (Å²) >= 11 is 0. The molecular formula is C8H13F. The Morgan fingerprint density at radius 3 is 2.67 bits per heavy atom. The molecule has 0 heterocycles. The zero-order valence-corrected chi connectivity index (χ0v) is 5.86. The number of fused-ring (bicyclic) bond motifs is 1. The van der Waals surface area contributed by atoms with E-state index in [-0.39, 0.29) is 5.41 Å². The van der Waals surface area contributed by atoms with Crippen molar-refractivity contribution in [1.29, 1.82) is 0 Å². The Labute approximate surface area is 55.4 Å². The van der Waals surface area contributed by atoms with Gasteiger partial charge < -0.3 is 0 Å². The van der Waals surface area contributed by atoms with Crippen molar-refractivity contribution in [3.63, 3.8) is 0 Å². The SMILES string of the molecule is C[C@]12CCCC[C@H]1[C@H]2F. The Morgan fingerprint density at radius 2 is 2.22 bits per heavy atom. The maximum absolute atomic E-state index is 12.9. The van der Waals surface area contributed by atoms with Gasteiger partial charge in [-0.15, -0.1) is 0 Å². The van der Waals surface area contributed by atoms with Gasteiger partial charge >= 0.3 is 0 Å². The topological polar surface area (TPSA) is 0 Å². The van der Waals surface area contributed by atoms with E-state index in [0.29, 0.717) is 5.92 Å². The van der Waals surface area contributed by atoms with Crippen molar-refractivity contribution in [3.8, 4) is 0 Å². The van der Waals surface area contributed by atoms with Crippen molar-refractivity contribution in [2.75, 3.05) is 0 Å². The van der Waals surface area contributed by atoms with Gasteiger partial charge in [-0.3, -0.25) is 0 Å². The molecule has 9 heavy (non-hydrogen) atoms. The summed E-state index contributed by atoms with van der Waals surface area (Å²) in [5.41, 5.74) is 0.137. The van der Waals surface area contributed by atoms with E-state index in [1.165, 1.54) is 12.8 Å². The van der Waals surface area contributed by atoms with E-state index < -0.39 is 6.17 Å². The molecule has 0 bridgehead atoms. The Balaban J connectivity index is 2.10. The van der Waals surface area contributed by atoms with E-state index in [9.17, 15) is 4.39 Å². The molecule has 0 aromatic carbocycles. The monoisotopic (exact) mass is 128 g/mol. The summed E-state index contributed by atoms with van der Waals surface area (Å²) in [4.78, 5) is 0. The quantitative estimate of drug-likeness (QED) is 0.470. The standard InChI is InChI=1S/C8H13F/c1-8-5-3-2-4-6(8)7(8)9/h6-7H,2-5H2,1H3/t6-,7+,8-/m0/s1.